The van der Waals surface area contributed by atoms with Gasteiger partial charge in [-0.05, 0) is 30.2 Å². The zero-order valence-electron chi connectivity index (χ0n) is 10.9. The van der Waals surface area contributed by atoms with Gasteiger partial charge in [0, 0.05) is 6.07 Å². The smallest absolute Gasteiger partial charge is 0.280 e. The topological polar surface area (TPSA) is 60.2 Å². The fourth-order valence-electron chi connectivity index (χ4n) is 1.83. The van der Waals surface area contributed by atoms with Crippen molar-refractivity contribution >= 4 is 17.5 Å². The van der Waals surface area contributed by atoms with Crippen molar-refractivity contribution in [3.63, 3.8) is 0 Å². The Kier molecular flexibility index (Phi) is 4.05. The van der Waals surface area contributed by atoms with Crippen LogP contribution in [0.1, 0.15) is 21.5 Å². The molecule has 0 aliphatic carbocycles. The zero-order chi connectivity index (χ0) is 14.5. The number of aryl methyl sites for hydroxylation is 1. The molecular formula is C16H13NO3. The maximum Gasteiger partial charge on any atom is 0.280 e. The third-order valence-corrected chi connectivity index (χ3v) is 2.84. The number of hydrogen-bond donors (Lipinski definition) is 0. The zero-order valence-corrected chi connectivity index (χ0v) is 10.9. The second-order valence-electron chi connectivity index (χ2n) is 4.39. The van der Waals surface area contributed by atoms with Gasteiger partial charge in [-0.1, -0.05) is 42.5 Å². The number of carbonyl (C=O) groups is 1. The molecule has 0 bridgehead atoms. The predicted octanol–water partition coefficient (Wildman–Crippen LogP) is 3.80. The van der Waals surface area contributed by atoms with Gasteiger partial charge in [0.15, 0.2) is 5.78 Å². The van der Waals surface area contributed by atoms with Gasteiger partial charge in [-0.2, -0.15) is 0 Å². The monoisotopic (exact) mass is 267 g/mol. The molecule has 20 heavy (non-hydrogen) atoms. The van der Waals surface area contributed by atoms with Gasteiger partial charge in [0.05, 0.1) is 10.5 Å². The highest BCUT2D eigenvalue weighted by Gasteiger charge is 2.18. The molecule has 0 aliphatic rings. The summed E-state index contributed by atoms with van der Waals surface area (Å²) in [6.07, 6.45) is 3.00. The summed E-state index contributed by atoms with van der Waals surface area (Å²) in [5, 5.41) is 11.0. The standard InChI is InChI=1S/C16H13NO3/c1-12-7-9-14(15(11-12)17(19)20)16(18)10-8-13-5-3-2-4-6-13/h2-11H,1H3/b10-8+. The Labute approximate surface area is 116 Å². The molecule has 4 nitrogen and oxygen atoms in total. The largest absolute Gasteiger partial charge is 0.289 e. The minimum atomic E-state index is -0.531. The summed E-state index contributed by atoms with van der Waals surface area (Å²) < 4.78 is 0. The van der Waals surface area contributed by atoms with Crippen LogP contribution in [0.5, 0.6) is 0 Å². The lowest BCUT2D eigenvalue weighted by molar-refractivity contribution is -0.385. The first-order valence-electron chi connectivity index (χ1n) is 6.10. The van der Waals surface area contributed by atoms with Gasteiger partial charge in [0.2, 0.25) is 0 Å². The van der Waals surface area contributed by atoms with Crippen molar-refractivity contribution in [3.05, 3.63) is 81.4 Å². The molecule has 0 radical (unpaired) electrons. The molecule has 0 atom stereocenters. The molecular weight excluding hydrogens is 254 g/mol. The van der Waals surface area contributed by atoms with Crippen LogP contribution in [0.2, 0.25) is 0 Å². The third-order valence-electron chi connectivity index (χ3n) is 2.84. The van der Waals surface area contributed by atoms with Crippen LogP contribution in [0.3, 0.4) is 0 Å². The fourth-order valence-corrected chi connectivity index (χ4v) is 1.83. The minimum absolute atomic E-state index is 0.104. The number of benzene rings is 2. The number of ketones is 1. The molecule has 100 valence electrons. The van der Waals surface area contributed by atoms with Crippen molar-refractivity contribution in [3.8, 4) is 0 Å². The van der Waals surface area contributed by atoms with Crippen molar-refractivity contribution in [2.75, 3.05) is 0 Å². The van der Waals surface area contributed by atoms with Gasteiger partial charge in [-0.15, -0.1) is 0 Å². The van der Waals surface area contributed by atoms with Crippen molar-refractivity contribution in [1.82, 2.24) is 0 Å². The SMILES string of the molecule is Cc1ccc(C(=O)/C=C/c2ccccc2)c([N+](=O)[O-])c1. The maximum atomic E-state index is 12.1. The van der Waals surface area contributed by atoms with Gasteiger partial charge in [-0.25, -0.2) is 0 Å². The first-order chi connectivity index (χ1) is 9.58. The normalized spacial score (nSPS) is 10.7. The Morgan fingerprint density at radius 3 is 2.50 bits per heavy atom. The molecule has 2 rings (SSSR count). The third kappa shape index (κ3) is 3.17. The molecule has 0 N–H and O–H groups in total. The summed E-state index contributed by atoms with van der Waals surface area (Å²) in [5.41, 5.74) is 1.57. The number of hydrogen-bond acceptors (Lipinski definition) is 3. The van der Waals surface area contributed by atoms with Crippen LogP contribution in [0.15, 0.2) is 54.6 Å². The Morgan fingerprint density at radius 2 is 1.85 bits per heavy atom. The first kappa shape index (κ1) is 13.7. The van der Waals surface area contributed by atoms with E-state index >= 15 is 0 Å². The number of nitro groups is 1. The summed E-state index contributed by atoms with van der Waals surface area (Å²) in [5.74, 6) is -0.374. The molecule has 0 spiro atoms. The Hall–Kier alpha value is -2.75. The van der Waals surface area contributed by atoms with E-state index < -0.39 is 4.92 Å². The maximum absolute atomic E-state index is 12.1. The van der Waals surface area contributed by atoms with Gasteiger partial charge in [0.1, 0.15) is 0 Å². The summed E-state index contributed by atoms with van der Waals surface area (Å²) in [6, 6.07) is 13.9. The van der Waals surface area contributed by atoms with E-state index in [1.54, 1.807) is 19.1 Å². The van der Waals surface area contributed by atoms with E-state index in [1.807, 2.05) is 30.3 Å². The quantitative estimate of drug-likeness (QED) is 0.366. The van der Waals surface area contributed by atoms with Crippen LogP contribution >= 0.6 is 0 Å². The Balaban J connectivity index is 2.30. The molecule has 0 amide bonds. The van der Waals surface area contributed by atoms with Crippen LogP contribution in [-0.2, 0) is 0 Å². The highest BCUT2D eigenvalue weighted by Crippen LogP contribution is 2.21. The molecule has 0 heterocycles. The molecule has 0 aliphatic heterocycles. The number of nitro benzene ring substituents is 1. The first-order valence-corrected chi connectivity index (χ1v) is 6.10. The summed E-state index contributed by atoms with van der Waals surface area (Å²) in [4.78, 5) is 22.5. The van der Waals surface area contributed by atoms with Crippen LogP contribution in [0, 0.1) is 17.0 Å². The van der Waals surface area contributed by atoms with Crippen LogP contribution < -0.4 is 0 Å². The van der Waals surface area contributed by atoms with E-state index in [2.05, 4.69) is 0 Å². The molecule has 0 saturated carbocycles. The highest BCUT2D eigenvalue weighted by atomic mass is 16.6. The van der Waals surface area contributed by atoms with Crippen LogP contribution in [-0.4, -0.2) is 10.7 Å². The molecule has 4 heteroatoms. The van der Waals surface area contributed by atoms with Crippen molar-refractivity contribution < 1.29 is 9.72 Å². The second kappa shape index (κ2) is 5.93. The van der Waals surface area contributed by atoms with E-state index in [4.69, 9.17) is 0 Å². The van der Waals surface area contributed by atoms with Crippen LogP contribution in [0.4, 0.5) is 5.69 Å². The lowest BCUT2D eigenvalue weighted by Crippen LogP contribution is -2.01. The van der Waals surface area contributed by atoms with E-state index in [0.717, 1.165) is 11.1 Å². The fraction of sp³-hybridized carbons (Fsp3) is 0.0625. The Bertz CT molecular complexity index is 675. The number of nitrogens with zero attached hydrogens (tertiary/aromatic N) is 1. The molecule has 0 aromatic heterocycles. The second-order valence-corrected chi connectivity index (χ2v) is 4.39. The van der Waals surface area contributed by atoms with Crippen molar-refractivity contribution in [2.24, 2.45) is 0 Å². The van der Waals surface area contributed by atoms with E-state index in [1.165, 1.54) is 18.2 Å². The number of allylic oxidation sites excluding steroid dienone is 1. The Morgan fingerprint density at radius 1 is 1.15 bits per heavy atom. The van der Waals surface area contributed by atoms with Gasteiger partial charge in [-0.3, -0.25) is 14.9 Å². The molecule has 0 fully saturated rings. The molecule has 2 aromatic carbocycles. The average molecular weight is 267 g/mol. The molecule has 2 aromatic rings. The van der Waals surface area contributed by atoms with Crippen LogP contribution in [0.25, 0.3) is 6.08 Å². The molecule has 0 saturated heterocycles. The number of carbonyl (C=O) groups excluding carboxylic acids is 1. The van der Waals surface area contributed by atoms with Crippen molar-refractivity contribution in [2.45, 2.75) is 6.92 Å². The lowest BCUT2D eigenvalue weighted by atomic mass is 10.0. The summed E-state index contributed by atoms with van der Waals surface area (Å²) >= 11 is 0. The van der Waals surface area contributed by atoms with Gasteiger partial charge < -0.3 is 0 Å². The predicted molar refractivity (Wildman–Crippen MR) is 77.6 cm³/mol. The lowest BCUT2D eigenvalue weighted by Gasteiger charge is -2.00. The van der Waals surface area contributed by atoms with E-state index in [0.29, 0.717) is 0 Å². The van der Waals surface area contributed by atoms with Crippen molar-refractivity contribution in [1.29, 1.82) is 0 Å². The number of rotatable bonds is 4. The summed E-state index contributed by atoms with van der Waals surface area (Å²) in [7, 11) is 0. The van der Waals surface area contributed by atoms with Gasteiger partial charge >= 0.3 is 0 Å². The minimum Gasteiger partial charge on any atom is -0.289 e. The highest BCUT2D eigenvalue weighted by molar-refractivity contribution is 6.09. The average Bonchev–Trinajstić information content (AvgIpc) is 2.45. The van der Waals surface area contributed by atoms with E-state index in [9.17, 15) is 14.9 Å². The van der Waals surface area contributed by atoms with Gasteiger partial charge in [0.25, 0.3) is 5.69 Å². The summed E-state index contributed by atoms with van der Waals surface area (Å²) in [6.45, 7) is 1.75. The molecule has 0 unspecified atom stereocenters. The van der Waals surface area contributed by atoms with E-state index in [-0.39, 0.29) is 17.0 Å².